The number of allylic oxidation sites excluding steroid dienone is 4. The third-order valence-corrected chi connectivity index (χ3v) is 9.86. The largest absolute Gasteiger partial charge is 0.208 e. The van der Waals surface area contributed by atoms with Gasteiger partial charge in [0.2, 0.25) is 0 Å². The predicted octanol–water partition coefficient (Wildman–Crippen LogP) is 12.0. The Labute approximate surface area is 288 Å². The first-order valence-corrected chi connectivity index (χ1v) is 16.9. The molecule has 0 fully saturated rings. The zero-order valence-electron chi connectivity index (χ0n) is 28.3. The highest BCUT2D eigenvalue weighted by Crippen LogP contribution is 2.48. The molecule has 7 aromatic rings. The van der Waals surface area contributed by atoms with Gasteiger partial charge in [0, 0.05) is 22.1 Å². The van der Waals surface area contributed by atoms with Crippen molar-refractivity contribution in [2.24, 2.45) is 0 Å². The van der Waals surface area contributed by atoms with Crippen molar-refractivity contribution >= 4 is 16.3 Å². The van der Waals surface area contributed by atoms with E-state index in [1.54, 1.807) is 0 Å². The number of benzene rings is 6. The zero-order valence-corrected chi connectivity index (χ0v) is 28.3. The van der Waals surface area contributed by atoms with Gasteiger partial charge in [0.1, 0.15) is 0 Å². The molecular formula is C46H37N3. The average Bonchev–Trinajstić information content (AvgIpc) is 3.35. The van der Waals surface area contributed by atoms with E-state index in [0.717, 1.165) is 33.2 Å². The van der Waals surface area contributed by atoms with E-state index < -0.39 is 0 Å². The van der Waals surface area contributed by atoms with E-state index in [9.17, 15) is 0 Å². The smallest absolute Gasteiger partial charge is 0.164 e. The van der Waals surface area contributed by atoms with Crippen LogP contribution in [0.3, 0.4) is 0 Å². The molecule has 8 rings (SSSR count). The molecule has 236 valence electrons. The molecule has 1 aliphatic rings. The highest BCUT2D eigenvalue weighted by atomic mass is 15.0. The SMILES string of the molecule is C/C=C\C1=C(C)c2ccc(-c3ccc(-c4cc5ccccc5cc4-c4nc(-c5ccccc5)nc(-c5ccccc5)n4)cc3)cc2C1(C)C. The van der Waals surface area contributed by atoms with Crippen LogP contribution in [-0.4, -0.2) is 15.0 Å². The number of fused-ring (bicyclic) bond motifs is 2. The standard InChI is InChI=1S/C46H37N3/c1-5-14-41-30(2)38-26-25-37(29-42(38)46(41,3)4)31-21-23-32(24-22-31)39-27-35-19-12-13-20-36(35)28-40(39)45-48-43(33-15-8-6-9-16-33)47-44(49-45)34-17-10-7-11-18-34/h5-29H,1-4H3/b14-5-. The van der Waals surface area contributed by atoms with Crippen molar-refractivity contribution in [1.82, 2.24) is 15.0 Å². The molecular weight excluding hydrogens is 595 g/mol. The van der Waals surface area contributed by atoms with Gasteiger partial charge in [-0.1, -0.05) is 147 Å². The van der Waals surface area contributed by atoms with Crippen molar-refractivity contribution < 1.29 is 0 Å². The van der Waals surface area contributed by atoms with Crippen LogP contribution in [0.1, 0.15) is 38.8 Å². The van der Waals surface area contributed by atoms with E-state index in [-0.39, 0.29) is 5.41 Å². The maximum absolute atomic E-state index is 5.10. The van der Waals surface area contributed by atoms with Gasteiger partial charge < -0.3 is 0 Å². The zero-order chi connectivity index (χ0) is 33.5. The van der Waals surface area contributed by atoms with Crippen LogP contribution in [0.4, 0.5) is 0 Å². The van der Waals surface area contributed by atoms with Crippen molar-refractivity contribution in [3.63, 3.8) is 0 Å². The maximum atomic E-state index is 5.10. The Hall–Kier alpha value is -5.93. The van der Waals surface area contributed by atoms with Gasteiger partial charge >= 0.3 is 0 Å². The van der Waals surface area contributed by atoms with Gasteiger partial charge in [-0.05, 0) is 87.3 Å². The first-order chi connectivity index (χ1) is 23.9. The number of hydrogen-bond acceptors (Lipinski definition) is 3. The monoisotopic (exact) mass is 631 g/mol. The van der Waals surface area contributed by atoms with E-state index in [0.29, 0.717) is 17.5 Å². The van der Waals surface area contributed by atoms with Gasteiger partial charge in [0.15, 0.2) is 17.5 Å². The molecule has 0 saturated carbocycles. The summed E-state index contributed by atoms with van der Waals surface area (Å²) < 4.78 is 0. The summed E-state index contributed by atoms with van der Waals surface area (Å²) >= 11 is 0. The quantitative estimate of drug-likeness (QED) is 0.183. The summed E-state index contributed by atoms with van der Waals surface area (Å²) in [6.07, 6.45) is 4.41. The van der Waals surface area contributed by atoms with Crippen LogP contribution in [0.15, 0.2) is 157 Å². The molecule has 0 unspecified atom stereocenters. The van der Waals surface area contributed by atoms with Gasteiger partial charge in [-0.25, -0.2) is 15.0 Å². The molecule has 0 saturated heterocycles. The summed E-state index contributed by atoms with van der Waals surface area (Å²) in [7, 11) is 0. The lowest BCUT2D eigenvalue weighted by atomic mass is 9.80. The van der Waals surface area contributed by atoms with E-state index in [2.05, 4.69) is 119 Å². The molecule has 0 spiro atoms. The van der Waals surface area contributed by atoms with Crippen LogP contribution in [0.25, 0.3) is 72.8 Å². The van der Waals surface area contributed by atoms with Crippen LogP contribution in [-0.2, 0) is 5.41 Å². The van der Waals surface area contributed by atoms with Gasteiger partial charge in [-0.3, -0.25) is 0 Å². The number of hydrogen-bond donors (Lipinski definition) is 0. The lowest BCUT2D eigenvalue weighted by Gasteiger charge is -2.23. The Kier molecular flexibility index (Phi) is 7.61. The van der Waals surface area contributed by atoms with Crippen molar-refractivity contribution in [3.05, 3.63) is 168 Å². The van der Waals surface area contributed by atoms with Gasteiger partial charge in [0.05, 0.1) is 0 Å². The van der Waals surface area contributed by atoms with Gasteiger partial charge in [-0.15, -0.1) is 0 Å². The lowest BCUT2D eigenvalue weighted by molar-refractivity contribution is 0.654. The summed E-state index contributed by atoms with van der Waals surface area (Å²) in [6.45, 7) is 9.01. The maximum Gasteiger partial charge on any atom is 0.164 e. The Morgan fingerprint density at radius 1 is 0.469 bits per heavy atom. The summed E-state index contributed by atoms with van der Waals surface area (Å²) in [4.78, 5) is 15.1. The van der Waals surface area contributed by atoms with Gasteiger partial charge in [-0.2, -0.15) is 0 Å². The molecule has 0 bridgehead atoms. The highest BCUT2D eigenvalue weighted by Gasteiger charge is 2.34. The van der Waals surface area contributed by atoms with Crippen molar-refractivity contribution in [2.45, 2.75) is 33.1 Å². The lowest BCUT2D eigenvalue weighted by Crippen LogP contribution is -2.16. The minimum atomic E-state index is -0.0381. The van der Waals surface area contributed by atoms with Crippen LogP contribution >= 0.6 is 0 Å². The summed E-state index contributed by atoms with van der Waals surface area (Å²) in [5, 5.41) is 2.31. The molecule has 3 nitrogen and oxygen atoms in total. The summed E-state index contributed by atoms with van der Waals surface area (Å²) in [5.74, 6) is 1.96. The molecule has 0 radical (unpaired) electrons. The summed E-state index contributed by atoms with van der Waals surface area (Å²) in [6, 6.07) is 49.1. The van der Waals surface area contributed by atoms with Crippen LogP contribution < -0.4 is 0 Å². The molecule has 0 N–H and O–H groups in total. The van der Waals surface area contributed by atoms with E-state index in [4.69, 9.17) is 15.0 Å². The number of nitrogens with zero attached hydrogens (tertiary/aromatic N) is 3. The first kappa shape index (κ1) is 30.4. The van der Waals surface area contributed by atoms with Crippen LogP contribution in [0.5, 0.6) is 0 Å². The average molecular weight is 632 g/mol. The number of rotatable bonds is 6. The van der Waals surface area contributed by atoms with Crippen molar-refractivity contribution in [2.75, 3.05) is 0 Å². The topological polar surface area (TPSA) is 38.7 Å². The molecule has 0 atom stereocenters. The normalized spacial score (nSPS) is 13.7. The molecule has 49 heavy (non-hydrogen) atoms. The Bertz CT molecular complexity index is 2340. The van der Waals surface area contributed by atoms with E-state index in [1.807, 2.05) is 60.7 Å². The fourth-order valence-electron chi connectivity index (χ4n) is 7.26. The summed E-state index contributed by atoms with van der Waals surface area (Å²) in [5.41, 5.74) is 13.0. The van der Waals surface area contributed by atoms with Crippen LogP contribution in [0, 0.1) is 0 Å². The van der Waals surface area contributed by atoms with Crippen molar-refractivity contribution in [3.8, 4) is 56.4 Å². The van der Waals surface area contributed by atoms with E-state index in [1.165, 1.54) is 38.8 Å². The van der Waals surface area contributed by atoms with Crippen molar-refractivity contribution in [1.29, 1.82) is 0 Å². The highest BCUT2D eigenvalue weighted by molar-refractivity contribution is 5.96. The second-order valence-electron chi connectivity index (χ2n) is 13.3. The third-order valence-electron chi connectivity index (χ3n) is 9.86. The second-order valence-corrected chi connectivity index (χ2v) is 13.3. The first-order valence-electron chi connectivity index (χ1n) is 16.9. The second kappa shape index (κ2) is 12.3. The van der Waals surface area contributed by atoms with Gasteiger partial charge in [0.25, 0.3) is 0 Å². The predicted molar refractivity (Wildman–Crippen MR) is 205 cm³/mol. The minimum Gasteiger partial charge on any atom is -0.208 e. The minimum absolute atomic E-state index is 0.0381. The van der Waals surface area contributed by atoms with Crippen LogP contribution in [0.2, 0.25) is 0 Å². The Morgan fingerprint density at radius 3 is 1.57 bits per heavy atom. The Balaban J connectivity index is 1.25. The fraction of sp³-hybridized carbons (Fsp3) is 0.109. The molecule has 1 aliphatic carbocycles. The third kappa shape index (κ3) is 5.48. The van der Waals surface area contributed by atoms with E-state index >= 15 is 0 Å². The Morgan fingerprint density at radius 2 is 0.980 bits per heavy atom. The molecule has 0 aliphatic heterocycles. The fourth-order valence-corrected chi connectivity index (χ4v) is 7.26. The molecule has 1 heterocycles. The molecule has 6 aromatic carbocycles. The molecule has 3 heteroatoms. The number of aromatic nitrogens is 3. The molecule has 0 amide bonds. The molecule has 1 aromatic heterocycles.